The van der Waals surface area contributed by atoms with Gasteiger partial charge in [0, 0.05) is 4.47 Å². The quantitative estimate of drug-likeness (QED) is 0.688. The molecule has 0 fully saturated rings. The predicted octanol–water partition coefficient (Wildman–Crippen LogP) is 4.51. The van der Waals surface area contributed by atoms with Gasteiger partial charge in [-0.05, 0) is 41.1 Å². The topological polar surface area (TPSA) is 46.9 Å². The van der Waals surface area contributed by atoms with Gasteiger partial charge in [-0.25, -0.2) is 4.39 Å². The van der Waals surface area contributed by atoms with E-state index in [-0.39, 0.29) is 15.9 Å². The molecule has 23 heavy (non-hydrogen) atoms. The Morgan fingerprint density at radius 1 is 1.35 bits per heavy atom. The van der Waals surface area contributed by atoms with E-state index in [1.807, 2.05) is 0 Å². The number of aromatic nitrogens is 2. The van der Waals surface area contributed by atoms with Crippen LogP contribution in [0.25, 0.3) is 0 Å². The van der Waals surface area contributed by atoms with Crippen molar-refractivity contribution in [2.75, 3.05) is 5.32 Å². The van der Waals surface area contributed by atoms with Crippen molar-refractivity contribution in [2.24, 2.45) is 0 Å². The van der Waals surface area contributed by atoms with E-state index in [0.29, 0.717) is 4.47 Å². The van der Waals surface area contributed by atoms with Gasteiger partial charge < -0.3 is 5.32 Å². The van der Waals surface area contributed by atoms with Gasteiger partial charge in [0.1, 0.15) is 12.4 Å². The van der Waals surface area contributed by atoms with Crippen LogP contribution in [0.15, 0.2) is 27.1 Å². The molecule has 1 N–H and O–H groups in total. The second-order valence-corrected chi connectivity index (χ2v) is 6.28. The van der Waals surface area contributed by atoms with E-state index in [2.05, 4.69) is 42.3 Å². The number of carbonyl (C=O) groups excluding carboxylic acids is 1. The fourth-order valence-corrected chi connectivity index (χ4v) is 2.62. The summed E-state index contributed by atoms with van der Waals surface area (Å²) >= 11 is 5.89. The van der Waals surface area contributed by atoms with Crippen LogP contribution in [0.4, 0.5) is 23.2 Å². The standard InChI is InChI=1S/C13H9Br2F4N3O/c1-6-11(15)12(13(17,18)19)21-22(6)5-10(23)20-9-3-2-7(14)4-8(9)16/h2-4H,5H2,1H3,(H,20,23). The van der Waals surface area contributed by atoms with Crippen molar-refractivity contribution >= 4 is 43.5 Å². The summed E-state index contributed by atoms with van der Waals surface area (Å²) in [4.78, 5) is 11.9. The van der Waals surface area contributed by atoms with Gasteiger partial charge in [-0.15, -0.1) is 0 Å². The molecule has 1 amide bonds. The third-order valence-electron chi connectivity index (χ3n) is 2.90. The molecule has 0 saturated carbocycles. The smallest absolute Gasteiger partial charge is 0.322 e. The Labute approximate surface area is 145 Å². The van der Waals surface area contributed by atoms with Gasteiger partial charge in [0.25, 0.3) is 0 Å². The highest BCUT2D eigenvalue weighted by molar-refractivity contribution is 9.10. The van der Waals surface area contributed by atoms with E-state index in [0.717, 1.165) is 10.7 Å². The molecule has 0 spiro atoms. The Balaban J connectivity index is 2.18. The molecule has 124 valence electrons. The summed E-state index contributed by atoms with van der Waals surface area (Å²) in [6.45, 7) is 0.913. The van der Waals surface area contributed by atoms with Crippen LogP contribution in [0.1, 0.15) is 11.4 Å². The van der Waals surface area contributed by atoms with E-state index < -0.39 is 30.1 Å². The number of rotatable bonds is 3. The third kappa shape index (κ3) is 4.11. The number of hydrogen-bond donors (Lipinski definition) is 1. The van der Waals surface area contributed by atoms with Crippen LogP contribution in [0.2, 0.25) is 0 Å². The van der Waals surface area contributed by atoms with Gasteiger partial charge in [-0.1, -0.05) is 15.9 Å². The molecule has 1 heterocycles. The Morgan fingerprint density at radius 2 is 2.00 bits per heavy atom. The maximum absolute atomic E-state index is 13.6. The van der Waals surface area contributed by atoms with Crippen molar-refractivity contribution < 1.29 is 22.4 Å². The minimum Gasteiger partial charge on any atom is -0.322 e. The first kappa shape index (κ1) is 17.9. The van der Waals surface area contributed by atoms with Gasteiger partial charge in [0.2, 0.25) is 5.91 Å². The second kappa shape index (κ2) is 6.60. The summed E-state index contributed by atoms with van der Waals surface area (Å²) in [5.74, 6) is -1.36. The van der Waals surface area contributed by atoms with Gasteiger partial charge in [0.15, 0.2) is 5.69 Å². The first-order valence-electron chi connectivity index (χ1n) is 6.14. The molecule has 0 aliphatic rings. The molecule has 2 rings (SSSR count). The third-order valence-corrected chi connectivity index (χ3v) is 4.34. The lowest BCUT2D eigenvalue weighted by molar-refractivity contribution is -0.142. The van der Waals surface area contributed by atoms with Crippen molar-refractivity contribution in [3.63, 3.8) is 0 Å². The second-order valence-electron chi connectivity index (χ2n) is 4.58. The van der Waals surface area contributed by atoms with Crippen molar-refractivity contribution in [1.29, 1.82) is 0 Å². The first-order valence-corrected chi connectivity index (χ1v) is 7.73. The number of hydrogen-bond acceptors (Lipinski definition) is 2. The summed E-state index contributed by atoms with van der Waals surface area (Å²) in [6, 6.07) is 4.02. The molecule has 0 saturated heterocycles. The van der Waals surface area contributed by atoms with Gasteiger partial charge >= 0.3 is 6.18 Å². The Hall–Kier alpha value is -1.42. The molecular formula is C13H9Br2F4N3O. The summed E-state index contributed by atoms with van der Waals surface area (Å²) in [6.07, 6.45) is -4.64. The molecule has 0 atom stereocenters. The fraction of sp³-hybridized carbons (Fsp3) is 0.231. The largest absolute Gasteiger partial charge is 0.436 e. The monoisotopic (exact) mass is 457 g/mol. The number of benzene rings is 1. The molecule has 0 aliphatic heterocycles. The van der Waals surface area contributed by atoms with E-state index in [4.69, 9.17) is 0 Å². The van der Waals surface area contributed by atoms with E-state index in [1.165, 1.54) is 19.1 Å². The fourth-order valence-electron chi connectivity index (χ4n) is 1.78. The molecule has 2 aromatic rings. The number of nitrogens with one attached hydrogen (secondary N) is 1. The average molecular weight is 459 g/mol. The highest BCUT2D eigenvalue weighted by Gasteiger charge is 2.38. The van der Waals surface area contributed by atoms with Gasteiger partial charge in [0.05, 0.1) is 15.9 Å². The minimum atomic E-state index is -4.64. The summed E-state index contributed by atoms with van der Waals surface area (Å²) in [7, 11) is 0. The molecule has 0 unspecified atom stereocenters. The van der Waals surface area contributed by atoms with E-state index in [9.17, 15) is 22.4 Å². The SMILES string of the molecule is Cc1c(Br)c(C(F)(F)F)nn1CC(=O)Nc1ccc(Br)cc1F. The lowest BCUT2D eigenvalue weighted by Gasteiger charge is -2.08. The highest BCUT2D eigenvalue weighted by atomic mass is 79.9. The molecule has 1 aromatic heterocycles. The van der Waals surface area contributed by atoms with Crippen molar-refractivity contribution in [3.8, 4) is 0 Å². The number of amides is 1. The van der Waals surface area contributed by atoms with Crippen LogP contribution < -0.4 is 5.32 Å². The van der Waals surface area contributed by atoms with Gasteiger partial charge in [-0.2, -0.15) is 18.3 Å². The van der Waals surface area contributed by atoms with Crippen LogP contribution in [0.5, 0.6) is 0 Å². The zero-order valence-corrected chi connectivity index (χ0v) is 14.7. The van der Waals surface area contributed by atoms with Crippen molar-refractivity contribution in [1.82, 2.24) is 9.78 Å². The van der Waals surface area contributed by atoms with Crippen molar-refractivity contribution in [3.05, 3.63) is 44.3 Å². The number of halogens is 6. The Kier molecular flexibility index (Phi) is 5.14. The normalized spacial score (nSPS) is 11.6. The Morgan fingerprint density at radius 3 is 2.52 bits per heavy atom. The molecule has 1 aromatic carbocycles. The van der Waals surface area contributed by atoms with E-state index in [1.54, 1.807) is 0 Å². The molecule has 0 radical (unpaired) electrons. The first-order chi connectivity index (χ1) is 10.6. The summed E-state index contributed by atoms with van der Waals surface area (Å²) in [5, 5.41) is 5.67. The predicted molar refractivity (Wildman–Crippen MR) is 82.4 cm³/mol. The number of carbonyl (C=O) groups is 1. The lowest BCUT2D eigenvalue weighted by Crippen LogP contribution is -2.21. The lowest BCUT2D eigenvalue weighted by atomic mass is 10.3. The maximum Gasteiger partial charge on any atom is 0.436 e. The zero-order chi connectivity index (χ0) is 17.4. The summed E-state index contributed by atoms with van der Waals surface area (Å²) < 4.78 is 53.1. The molecule has 0 bridgehead atoms. The number of alkyl halides is 3. The minimum absolute atomic E-state index is 0.0712. The maximum atomic E-state index is 13.6. The number of nitrogens with zero attached hydrogens (tertiary/aromatic N) is 2. The molecule has 10 heteroatoms. The van der Waals surface area contributed by atoms with Gasteiger partial charge in [-0.3, -0.25) is 9.48 Å². The van der Waals surface area contributed by atoms with Crippen LogP contribution in [0.3, 0.4) is 0 Å². The Bertz CT molecular complexity index is 758. The van der Waals surface area contributed by atoms with Crippen LogP contribution in [0, 0.1) is 12.7 Å². The van der Waals surface area contributed by atoms with Crippen LogP contribution >= 0.6 is 31.9 Å². The van der Waals surface area contributed by atoms with E-state index >= 15 is 0 Å². The molecule has 0 aliphatic carbocycles. The average Bonchev–Trinajstić information content (AvgIpc) is 2.70. The molecular weight excluding hydrogens is 450 g/mol. The van der Waals surface area contributed by atoms with Crippen LogP contribution in [-0.4, -0.2) is 15.7 Å². The zero-order valence-electron chi connectivity index (χ0n) is 11.5. The highest BCUT2D eigenvalue weighted by Crippen LogP contribution is 2.35. The van der Waals surface area contributed by atoms with Crippen LogP contribution in [-0.2, 0) is 17.5 Å². The molecule has 4 nitrogen and oxygen atoms in total. The van der Waals surface area contributed by atoms with Crippen molar-refractivity contribution in [2.45, 2.75) is 19.6 Å². The number of anilines is 1. The summed E-state index contributed by atoms with van der Waals surface area (Å²) in [5.41, 5.74) is -1.04.